The summed E-state index contributed by atoms with van der Waals surface area (Å²) in [6, 6.07) is 11.8. The molecule has 1 atom stereocenters. The summed E-state index contributed by atoms with van der Waals surface area (Å²) < 4.78 is 16.5. The molecule has 1 aromatic heterocycles. The Hall–Kier alpha value is -1.65. The van der Waals surface area contributed by atoms with Crippen molar-refractivity contribution in [2.45, 2.75) is 32.2 Å². The normalized spacial score (nSPS) is 19.5. The Morgan fingerprint density at radius 1 is 1.21 bits per heavy atom. The monoisotopic (exact) mass is 259 g/mol. The van der Waals surface area contributed by atoms with Gasteiger partial charge in [-0.2, -0.15) is 0 Å². The second kappa shape index (κ2) is 5.99. The van der Waals surface area contributed by atoms with E-state index >= 15 is 0 Å². The van der Waals surface area contributed by atoms with Gasteiger partial charge in [-0.1, -0.05) is 35.5 Å². The summed E-state index contributed by atoms with van der Waals surface area (Å²) in [5.74, 6) is 0.767. The third-order valence-electron chi connectivity index (χ3n) is 3.17. The summed E-state index contributed by atoms with van der Waals surface area (Å²) in [6.07, 6.45) is 3.16. The molecule has 0 bridgehead atoms. The van der Waals surface area contributed by atoms with Gasteiger partial charge in [0.1, 0.15) is 5.69 Å². The standard InChI is InChI=1S/C15H17NO3/c1-2-6-12(7-3-1)14-10-13(16-19-14)11-18-15-8-4-5-9-17-15/h1-3,6-7,10,15H,4-5,8-9,11H2. The van der Waals surface area contributed by atoms with Crippen molar-refractivity contribution in [2.24, 2.45) is 0 Å². The lowest BCUT2D eigenvalue weighted by atomic mass is 10.2. The van der Waals surface area contributed by atoms with Crippen molar-refractivity contribution in [3.8, 4) is 11.3 Å². The number of hydrogen-bond donors (Lipinski definition) is 0. The van der Waals surface area contributed by atoms with Crippen LogP contribution in [0.5, 0.6) is 0 Å². The van der Waals surface area contributed by atoms with Crippen LogP contribution in [-0.2, 0) is 16.1 Å². The Morgan fingerprint density at radius 2 is 2.11 bits per heavy atom. The summed E-state index contributed by atoms with van der Waals surface area (Å²) >= 11 is 0. The largest absolute Gasteiger partial charge is 0.356 e. The van der Waals surface area contributed by atoms with Crippen molar-refractivity contribution in [3.05, 3.63) is 42.1 Å². The molecule has 4 nitrogen and oxygen atoms in total. The SMILES string of the molecule is c1ccc(-c2cc(COC3CCCCO3)no2)cc1. The second-order valence-electron chi connectivity index (χ2n) is 4.66. The molecule has 100 valence electrons. The van der Waals surface area contributed by atoms with Gasteiger partial charge < -0.3 is 14.0 Å². The maximum absolute atomic E-state index is 5.67. The van der Waals surface area contributed by atoms with Crippen molar-refractivity contribution in [3.63, 3.8) is 0 Å². The molecule has 1 saturated heterocycles. The first-order chi connectivity index (χ1) is 9.42. The molecule has 0 amide bonds. The third-order valence-corrected chi connectivity index (χ3v) is 3.17. The van der Waals surface area contributed by atoms with E-state index in [1.165, 1.54) is 6.42 Å². The van der Waals surface area contributed by atoms with Crippen LogP contribution in [0.1, 0.15) is 25.0 Å². The molecule has 1 fully saturated rings. The molecule has 19 heavy (non-hydrogen) atoms. The fourth-order valence-electron chi connectivity index (χ4n) is 2.14. The average molecular weight is 259 g/mol. The lowest BCUT2D eigenvalue weighted by molar-refractivity contribution is -0.169. The zero-order valence-corrected chi connectivity index (χ0v) is 10.7. The number of nitrogens with zero attached hydrogens (tertiary/aromatic N) is 1. The molecule has 1 aromatic carbocycles. The highest BCUT2D eigenvalue weighted by Crippen LogP contribution is 2.21. The van der Waals surface area contributed by atoms with Crippen LogP contribution in [0, 0.1) is 0 Å². The van der Waals surface area contributed by atoms with E-state index in [0.29, 0.717) is 6.61 Å². The van der Waals surface area contributed by atoms with E-state index < -0.39 is 0 Å². The highest BCUT2D eigenvalue weighted by Gasteiger charge is 2.15. The van der Waals surface area contributed by atoms with Crippen molar-refractivity contribution >= 4 is 0 Å². The van der Waals surface area contributed by atoms with Crippen molar-refractivity contribution in [1.29, 1.82) is 0 Å². The maximum Gasteiger partial charge on any atom is 0.167 e. The van der Waals surface area contributed by atoms with E-state index in [9.17, 15) is 0 Å². The quantitative estimate of drug-likeness (QED) is 0.844. The molecule has 4 heteroatoms. The van der Waals surface area contributed by atoms with Crippen LogP contribution in [0.25, 0.3) is 11.3 Å². The van der Waals surface area contributed by atoms with Gasteiger partial charge in [-0.15, -0.1) is 0 Å². The number of aromatic nitrogens is 1. The van der Waals surface area contributed by atoms with Crippen LogP contribution < -0.4 is 0 Å². The summed E-state index contributed by atoms with van der Waals surface area (Å²) in [6.45, 7) is 1.22. The number of benzene rings is 1. The summed E-state index contributed by atoms with van der Waals surface area (Å²) in [5, 5.41) is 4.02. The van der Waals surface area contributed by atoms with Crippen LogP contribution in [0.3, 0.4) is 0 Å². The second-order valence-corrected chi connectivity index (χ2v) is 4.66. The van der Waals surface area contributed by atoms with Gasteiger partial charge in [0.05, 0.1) is 6.61 Å². The van der Waals surface area contributed by atoms with Gasteiger partial charge in [-0.3, -0.25) is 0 Å². The maximum atomic E-state index is 5.67. The molecule has 2 heterocycles. The predicted molar refractivity (Wildman–Crippen MR) is 70.3 cm³/mol. The minimum Gasteiger partial charge on any atom is -0.356 e. The molecule has 0 aliphatic carbocycles. The molecule has 1 aliphatic rings. The highest BCUT2D eigenvalue weighted by molar-refractivity contribution is 5.56. The van der Waals surface area contributed by atoms with Gasteiger partial charge in [-0.05, 0) is 19.3 Å². The van der Waals surface area contributed by atoms with Gasteiger partial charge >= 0.3 is 0 Å². The van der Waals surface area contributed by atoms with Crippen molar-refractivity contribution < 1.29 is 14.0 Å². The van der Waals surface area contributed by atoms with Crippen molar-refractivity contribution in [2.75, 3.05) is 6.61 Å². The van der Waals surface area contributed by atoms with Gasteiger partial charge in [0, 0.05) is 18.2 Å². The Balaban J connectivity index is 1.59. The lowest BCUT2D eigenvalue weighted by Crippen LogP contribution is -2.22. The molecular formula is C15H17NO3. The van der Waals surface area contributed by atoms with E-state index in [0.717, 1.165) is 36.5 Å². The first-order valence-electron chi connectivity index (χ1n) is 6.66. The highest BCUT2D eigenvalue weighted by atomic mass is 16.7. The lowest BCUT2D eigenvalue weighted by Gasteiger charge is -2.21. The smallest absolute Gasteiger partial charge is 0.167 e. The van der Waals surface area contributed by atoms with Gasteiger partial charge in [0.25, 0.3) is 0 Å². The van der Waals surface area contributed by atoms with Crippen molar-refractivity contribution in [1.82, 2.24) is 5.16 Å². The van der Waals surface area contributed by atoms with E-state index in [1.807, 2.05) is 36.4 Å². The molecule has 0 saturated carbocycles. The predicted octanol–water partition coefficient (Wildman–Crippen LogP) is 3.38. The molecule has 1 unspecified atom stereocenters. The molecule has 0 spiro atoms. The molecule has 3 rings (SSSR count). The van der Waals surface area contributed by atoms with Crippen LogP contribution in [-0.4, -0.2) is 18.1 Å². The minimum absolute atomic E-state index is 0.0920. The zero-order chi connectivity index (χ0) is 12.9. The Morgan fingerprint density at radius 3 is 2.89 bits per heavy atom. The van der Waals surface area contributed by atoms with Gasteiger partial charge in [-0.25, -0.2) is 0 Å². The van der Waals surface area contributed by atoms with Crippen LogP contribution in [0.2, 0.25) is 0 Å². The van der Waals surface area contributed by atoms with E-state index in [4.69, 9.17) is 14.0 Å². The number of ether oxygens (including phenoxy) is 2. The topological polar surface area (TPSA) is 44.5 Å². The molecular weight excluding hydrogens is 242 g/mol. The number of rotatable bonds is 4. The average Bonchev–Trinajstić information content (AvgIpc) is 2.96. The van der Waals surface area contributed by atoms with Gasteiger partial charge in [0.15, 0.2) is 12.1 Å². The molecule has 1 aliphatic heterocycles. The van der Waals surface area contributed by atoms with E-state index in [1.54, 1.807) is 0 Å². The van der Waals surface area contributed by atoms with Crippen LogP contribution >= 0.6 is 0 Å². The Labute approximate surface area is 112 Å². The molecule has 2 aromatic rings. The Kier molecular flexibility index (Phi) is 3.91. The fraction of sp³-hybridized carbons (Fsp3) is 0.400. The fourth-order valence-corrected chi connectivity index (χ4v) is 2.14. The zero-order valence-electron chi connectivity index (χ0n) is 10.7. The summed E-state index contributed by atoms with van der Waals surface area (Å²) in [5.41, 5.74) is 1.82. The van der Waals surface area contributed by atoms with Gasteiger partial charge in [0.2, 0.25) is 0 Å². The summed E-state index contributed by atoms with van der Waals surface area (Å²) in [7, 11) is 0. The van der Waals surface area contributed by atoms with E-state index in [2.05, 4.69) is 5.16 Å². The first kappa shape index (κ1) is 12.4. The molecule has 0 N–H and O–H groups in total. The number of hydrogen-bond acceptors (Lipinski definition) is 4. The molecule has 0 radical (unpaired) electrons. The first-order valence-corrected chi connectivity index (χ1v) is 6.66. The third kappa shape index (κ3) is 3.22. The summed E-state index contributed by atoms with van der Waals surface area (Å²) in [4.78, 5) is 0. The van der Waals surface area contributed by atoms with Crippen LogP contribution in [0.15, 0.2) is 40.9 Å². The Bertz CT molecular complexity index is 503. The van der Waals surface area contributed by atoms with Crippen LogP contribution in [0.4, 0.5) is 0 Å². The van der Waals surface area contributed by atoms with E-state index in [-0.39, 0.29) is 6.29 Å². The minimum atomic E-state index is -0.0920.